The van der Waals surface area contributed by atoms with E-state index in [2.05, 4.69) is 90.1 Å². The summed E-state index contributed by atoms with van der Waals surface area (Å²) < 4.78 is 0. The van der Waals surface area contributed by atoms with Gasteiger partial charge in [-0.1, -0.05) is 87.4 Å². The van der Waals surface area contributed by atoms with Crippen LogP contribution in [-0.2, 0) is 4.79 Å². The fourth-order valence-electron chi connectivity index (χ4n) is 3.47. The topological polar surface area (TPSA) is 17.1 Å². The van der Waals surface area contributed by atoms with Gasteiger partial charge in [-0.2, -0.15) is 0 Å². The molecule has 0 unspecified atom stereocenters. The molecule has 0 spiro atoms. The first-order valence-corrected chi connectivity index (χ1v) is 10.3. The first-order valence-electron chi connectivity index (χ1n) is 10.3. The van der Waals surface area contributed by atoms with E-state index in [1.807, 2.05) is 12.2 Å². The van der Waals surface area contributed by atoms with Gasteiger partial charge in [0.2, 0.25) is 0 Å². The molecule has 0 aliphatic rings. The lowest BCUT2D eigenvalue weighted by molar-refractivity contribution is -0.110. The molecule has 0 heterocycles. The summed E-state index contributed by atoms with van der Waals surface area (Å²) >= 11 is 0. The van der Waals surface area contributed by atoms with Crippen molar-refractivity contribution in [2.45, 2.75) is 54.4 Å². The summed E-state index contributed by atoms with van der Waals surface area (Å²) in [4.78, 5) is 13.0. The average Bonchev–Trinajstić information content (AvgIpc) is 2.60. The zero-order valence-corrected chi connectivity index (χ0v) is 18.3. The van der Waals surface area contributed by atoms with E-state index in [-0.39, 0.29) is 5.78 Å². The molecule has 0 radical (unpaired) electrons. The molecule has 1 nitrogen and oxygen atoms in total. The van der Waals surface area contributed by atoms with Gasteiger partial charge in [0, 0.05) is 0 Å². The summed E-state index contributed by atoms with van der Waals surface area (Å²) in [6, 6.07) is 16.9. The fraction of sp³-hybridized carbons (Fsp3) is 0.370. The maximum Gasteiger partial charge on any atom is 0.179 e. The van der Waals surface area contributed by atoms with E-state index >= 15 is 0 Å². The Hall–Kier alpha value is -2.41. The molecule has 0 atom stereocenters. The van der Waals surface area contributed by atoms with E-state index in [0.29, 0.717) is 11.8 Å². The molecule has 0 aliphatic carbocycles. The van der Waals surface area contributed by atoms with Gasteiger partial charge < -0.3 is 0 Å². The molecule has 1 heteroatoms. The van der Waals surface area contributed by atoms with Crippen LogP contribution in [0, 0.1) is 25.7 Å². The van der Waals surface area contributed by atoms with Crippen molar-refractivity contribution in [2.75, 3.05) is 0 Å². The van der Waals surface area contributed by atoms with Crippen LogP contribution < -0.4 is 0 Å². The van der Waals surface area contributed by atoms with Crippen molar-refractivity contribution in [1.82, 2.24) is 0 Å². The smallest absolute Gasteiger partial charge is 0.179 e. The second-order valence-electron chi connectivity index (χ2n) is 8.68. The number of hydrogen-bond donors (Lipinski definition) is 0. The highest BCUT2D eigenvalue weighted by molar-refractivity contribution is 6.08. The van der Waals surface area contributed by atoms with Gasteiger partial charge in [0.05, 0.1) is 0 Å². The van der Waals surface area contributed by atoms with Crippen LogP contribution in [-0.4, -0.2) is 5.78 Å². The molecule has 0 aliphatic heterocycles. The fourth-order valence-corrected chi connectivity index (χ4v) is 3.47. The summed E-state index contributed by atoms with van der Waals surface area (Å²) in [5, 5.41) is 0. The Morgan fingerprint density at radius 2 is 1.14 bits per heavy atom. The molecule has 0 saturated carbocycles. The Balaban J connectivity index is 2.42. The molecule has 0 N–H and O–H groups in total. The molecule has 148 valence electrons. The van der Waals surface area contributed by atoms with Crippen LogP contribution in [0.3, 0.4) is 0 Å². The van der Waals surface area contributed by atoms with Crippen LogP contribution in [0.1, 0.15) is 62.8 Å². The molecule has 2 aromatic carbocycles. The van der Waals surface area contributed by atoms with Crippen molar-refractivity contribution in [1.29, 1.82) is 0 Å². The summed E-state index contributed by atoms with van der Waals surface area (Å²) in [5.74, 6) is 1.07. The lowest BCUT2D eigenvalue weighted by Crippen LogP contribution is -1.99. The predicted octanol–water partition coefficient (Wildman–Crippen LogP) is 7.43. The quantitative estimate of drug-likeness (QED) is 0.439. The molecule has 0 fully saturated rings. The molecule has 2 rings (SSSR count). The Kier molecular flexibility index (Phi) is 7.99. The van der Waals surface area contributed by atoms with Crippen molar-refractivity contribution in [3.8, 4) is 0 Å². The normalized spacial score (nSPS) is 12.7. The third kappa shape index (κ3) is 6.96. The summed E-state index contributed by atoms with van der Waals surface area (Å²) in [7, 11) is 0. The van der Waals surface area contributed by atoms with Gasteiger partial charge in [0.15, 0.2) is 5.78 Å². The largest absolute Gasteiger partial charge is 0.290 e. The summed E-state index contributed by atoms with van der Waals surface area (Å²) in [6.45, 7) is 13.0. The zero-order valence-electron chi connectivity index (χ0n) is 18.3. The van der Waals surface area contributed by atoms with Crippen molar-refractivity contribution >= 4 is 16.9 Å². The zero-order chi connectivity index (χ0) is 20.7. The van der Waals surface area contributed by atoms with Gasteiger partial charge in [-0.15, -0.1) is 0 Å². The van der Waals surface area contributed by atoms with E-state index in [9.17, 15) is 4.79 Å². The number of carbonyl (C=O) groups excluding carboxylic acids is 1. The number of allylic oxidation sites excluding steroid dienone is 4. The van der Waals surface area contributed by atoms with Gasteiger partial charge in [-0.05, 0) is 73.0 Å². The molecule has 0 bridgehead atoms. The maximum atomic E-state index is 13.0. The SMILES string of the molecule is Cc1cccc(C(=CC(=O)C=C(CC(C)C)c2cccc(C)c2)CC(C)C)c1. The van der Waals surface area contributed by atoms with Gasteiger partial charge >= 0.3 is 0 Å². The van der Waals surface area contributed by atoms with E-state index in [0.717, 1.165) is 35.1 Å². The monoisotopic (exact) mass is 374 g/mol. The molecule has 2 aromatic rings. The summed E-state index contributed by atoms with van der Waals surface area (Å²) in [6.07, 6.45) is 5.47. The highest BCUT2D eigenvalue weighted by atomic mass is 16.1. The number of hydrogen-bond acceptors (Lipinski definition) is 1. The van der Waals surface area contributed by atoms with Crippen molar-refractivity contribution in [3.63, 3.8) is 0 Å². The molecule has 0 aromatic heterocycles. The van der Waals surface area contributed by atoms with Gasteiger partial charge in [-0.25, -0.2) is 0 Å². The Morgan fingerprint density at radius 3 is 1.46 bits per heavy atom. The van der Waals surface area contributed by atoms with Gasteiger partial charge in [0.25, 0.3) is 0 Å². The number of rotatable bonds is 8. The molecular formula is C27H34O. The minimum atomic E-state index is 0.0781. The third-order valence-electron chi connectivity index (χ3n) is 4.67. The number of aryl methyl sites for hydroxylation is 2. The first kappa shape index (κ1) is 21.9. The Bertz CT molecular complexity index is 794. The van der Waals surface area contributed by atoms with Crippen LogP contribution in [0.25, 0.3) is 11.1 Å². The molecule has 0 saturated heterocycles. The van der Waals surface area contributed by atoms with Crippen molar-refractivity contribution in [3.05, 3.63) is 82.9 Å². The highest BCUT2D eigenvalue weighted by Crippen LogP contribution is 2.26. The van der Waals surface area contributed by atoms with E-state index < -0.39 is 0 Å². The molecule has 0 amide bonds. The van der Waals surface area contributed by atoms with Crippen LogP contribution >= 0.6 is 0 Å². The maximum absolute atomic E-state index is 13.0. The van der Waals surface area contributed by atoms with E-state index in [1.54, 1.807) is 0 Å². The number of ketones is 1. The second-order valence-corrected chi connectivity index (χ2v) is 8.68. The first-order chi connectivity index (χ1) is 13.2. The van der Waals surface area contributed by atoms with Crippen molar-refractivity contribution < 1.29 is 4.79 Å². The Morgan fingerprint density at radius 1 is 0.750 bits per heavy atom. The van der Waals surface area contributed by atoms with Crippen molar-refractivity contribution in [2.24, 2.45) is 11.8 Å². The summed E-state index contributed by atoms with van der Waals surface area (Å²) in [5.41, 5.74) is 6.97. The molecule has 28 heavy (non-hydrogen) atoms. The minimum Gasteiger partial charge on any atom is -0.290 e. The Labute approximate surface area is 171 Å². The average molecular weight is 375 g/mol. The number of carbonyl (C=O) groups is 1. The van der Waals surface area contributed by atoms with Crippen LogP contribution in [0.5, 0.6) is 0 Å². The lowest BCUT2D eigenvalue weighted by Gasteiger charge is -2.13. The van der Waals surface area contributed by atoms with Crippen LogP contribution in [0.2, 0.25) is 0 Å². The van der Waals surface area contributed by atoms with Crippen LogP contribution in [0.4, 0.5) is 0 Å². The number of benzene rings is 2. The molecular weight excluding hydrogens is 340 g/mol. The van der Waals surface area contributed by atoms with E-state index in [4.69, 9.17) is 0 Å². The highest BCUT2D eigenvalue weighted by Gasteiger charge is 2.10. The standard InChI is InChI=1S/C27H34O/c1-19(2)13-25(23-11-7-9-21(5)15-23)17-27(28)18-26(14-20(3)4)24-12-8-10-22(6)16-24/h7-12,15-20H,13-14H2,1-6H3. The lowest BCUT2D eigenvalue weighted by atomic mass is 9.92. The minimum absolute atomic E-state index is 0.0781. The van der Waals surface area contributed by atoms with Gasteiger partial charge in [0.1, 0.15) is 0 Å². The second kappa shape index (κ2) is 10.2. The predicted molar refractivity (Wildman–Crippen MR) is 122 cm³/mol. The van der Waals surface area contributed by atoms with Gasteiger partial charge in [-0.3, -0.25) is 4.79 Å². The third-order valence-corrected chi connectivity index (χ3v) is 4.67. The van der Waals surface area contributed by atoms with Crippen LogP contribution in [0.15, 0.2) is 60.7 Å². The van der Waals surface area contributed by atoms with E-state index in [1.165, 1.54) is 11.1 Å².